The zero-order chi connectivity index (χ0) is 14.8. The Hall–Kier alpha value is -0.400. The lowest BCUT2D eigenvalue weighted by molar-refractivity contribution is -0.125. The Labute approximate surface area is 153 Å². The highest BCUT2D eigenvalue weighted by molar-refractivity contribution is 7.11. The predicted molar refractivity (Wildman–Crippen MR) is 96.7 cm³/mol. The highest BCUT2D eigenvalue weighted by Gasteiger charge is 2.34. The van der Waals surface area contributed by atoms with Gasteiger partial charge in [-0.05, 0) is 38.5 Å². The van der Waals surface area contributed by atoms with E-state index in [0.717, 1.165) is 24.3 Å². The average molecular weight is 382 g/mol. The summed E-state index contributed by atoms with van der Waals surface area (Å²) in [6, 6.07) is -0.258. The molecule has 0 saturated heterocycles. The first-order valence-corrected chi connectivity index (χ1v) is 8.64. The van der Waals surface area contributed by atoms with Crippen molar-refractivity contribution in [2.24, 2.45) is 11.7 Å². The standard InChI is InChI=1S/C15H23N3O2S.2ClH/c16-10-7-9(8-12(10)19)15(20)17-6-5-14-18-11-3-1-2-4-13(11)21-14;;/h9-10,12,19H,1-8,16H2,(H,17,20);2*1H/t9-,10+,12+;;/m0../s1. The number of nitrogens with two attached hydrogens (primary N) is 1. The van der Waals surface area contributed by atoms with Crippen molar-refractivity contribution in [2.75, 3.05) is 6.54 Å². The lowest BCUT2D eigenvalue weighted by Crippen LogP contribution is -2.32. The summed E-state index contributed by atoms with van der Waals surface area (Å²) in [6.07, 6.45) is 6.12. The first-order valence-electron chi connectivity index (χ1n) is 7.82. The number of fused-ring (bicyclic) bond motifs is 1. The van der Waals surface area contributed by atoms with Crippen molar-refractivity contribution in [1.29, 1.82) is 0 Å². The molecule has 1 heterocycles. The number of amides is 1. The molecule has 2 aliphatic carbocycles. The Morgan fingerprint density at radius 3 is 2.70 bits per heavy atom. The molecule has 0 spiro atoms. The number of thiazole rings is 1. The minimum Gasteiger partial charge on any atom is -0.391 e. The van der Waals surface area contributed by atoms with Crippen LogP contribution in [0.25, 0.3) is 0 Å². The maximum Gasteiger partial charge on any atom is 0.223 e. The fourth-order valence-corrected chi connectivity index (χ4v) is 4.37. The van der Waals surface area contributed by atoms with Gasteiger partial charge in [-0.1, -0.05) is 0 Å². The lowest BCUT2D eigenvalue weighted by atomic mass is 10.0. The van der Waals surface area contributed by atoms with Crippen molar-refractivity contribution in [1.82, 2.24) is 10.3 Å². The van der Waals surface area contributed by atoms with Crippen LogP contribution in [0.5, 0.6) is 0 Å². The van der Waals surface area contributed by atoms with E-state index in [1.54, 1.807) is 11.3 Å². The summed E-state index contributed by atoms with van der Waals surface area (Å²) in [5.41, 5.74) is 7.02. The van der Waals surface area contributed by atoms with Crippen LogP contribution in [0.2, 0.25) is 0 Å². The molecular formula is C15H25Cl2N3O2S. The molecule has 5 nitrogen and oxygen atoms in total. The minimum absolute atomic E-state index is 0. The summed E-state index contributed by atoms with van der Waals surface area (Å²) < 4.78 is 0. The molecule has 132 valence electrons. The Kier molecular flexibility index (Phi) is 8.24. The Morgan fingerprint density at radius 1 is 1.30 bits per heavy atom. The first kappa shape index (κ1) is 20.6. The van der Waals surface area contributed by atoms with E-state index in [0.29, 0.717) is 19.4 Å². The van der Waals surface area contributed by atoms with Crippen LogP contribution in [-0.2, 0) is 24.1 Å². The van der Waals surface area contributed by atoms with E-state index in [1.165, 1.54) is 23.4 Å². The van der Waals surface area contributed by atoms with E-state index >= 15 is 0 Å². The SMILES string of the molecule is Cl.Cl.N[C@@H]1C[C@H](C(=O)NCCc2nc3c(s2)CCCC3)C[C@H]1O. The zero-order valence-electron chi connectivity index (χ0n) is 13.0. The van der Waals surface area contributed by atoms with E-state index < -0.39 is 6.10 Å². The van der Waals surface area contributed by atoms with Crippen molar-refractivity contribution in [3.8, 4) is 0 Å². The third-order valence-corrected chi connectivity index (χ3v) is 5.69. The normalized spacial score (nSPS) is 25.9. The Balaban J connectivity index is 0.00000132. The Bertz CT molecular complexity index is 493. The molecule has 0 aliphatic heterocycles. The molecule has 1 saturated carbocycles. The topological polar surface area (TPSA) is 88.2 Å². The summed E-state index contributed by atoms with van der Waals surface area (Å²) >= 11 is 1.80. The minimum atomic E-state index is -0.536. The highest BCUT2D eigenvalue weighted by Crippen LogP contribution is 2.27. The molecule has 1 amide bonds. The van der Waals surface area contributed by atoms with Gasteiger partial charge in [-0.2, -0.15) is 0 Å². The summed E-state index contributed by atoms with van der Waals surface area (Å²) in [5, 5.41) is 13.7. The number of aryl methyl sites for hydroxylation is 2. The number of hydrogen-bond acceptors (Lipinski definition) is 5. The van der Waals surface area contributed by atoms with Gasteiger partial charge in [0.25, 0.3) is 0 Å². The zero-order valence-corrected chi connectivity index (χ0v) is 15.4. The fraction of sp³-hybridized carbons (Fsp3) is 0.733. The monoisotopic (exact) mass is 381 g/mol. The first-order chi connectivity index (χ1) is 10.1. The molecule has 2 aliphatic rings. The number of rotatable bonds is 4. The van der Waals surface area contributed by atoms with Gasteiger partial charge in [0.05, 0.1) is 16.8 Å². The lowest BCUT2D eigenvalue weighted by Gasteiger charge is -2.09. The van der Waals surface area contributed by atoms with Gasteiger partial charge in [-0.15, -0.1) is 36.2 Å². The van der Waals surface area contributed by atoms with Crippen LogP contribution in [0.3, 0.4) is 0 Å². The number of hydrogen-bond donors (Lipinski definition) is 3. The van der Waals surface area contributed by atoms with E-state index in [1.807, 2.05) is 0 Å². The van der Waals surface area contributed by atoms with Gasteiger partial charge < -0.3 is 16.2 Å². The molecule has 3 atom stereocenters. The molecule has 0 bridgehead atoms. The van der Waals surface area contributed by atoms with Crippen LogP contribution in [0, 0.1) is 5.92 Å². The maximum absolute atomic E-state index is 12.0. The molecule has 1 aromatic rings. The van der Waals surface area contributed by atoms with Crippen molar-refractivity contribution in [3.63, 3.8) is 0 Å². The van der Waals surface area contributed by atoms with Crippen molar-refractivity contribution in [3.05, 3.63) is 15.6 Å². The molecule has 0 unspecified atom stereocenters. The van der Waals surface area contributed by atoms with Gasteiger partial charge in [0.2, 0.25) is 5.91 Å². The molecule has 23 heavy (non-hydrogen) atoms. The number of halogens is 2. The summed E-state index contributed by atoms with van der Waals surface area (Å²) in [6.45, 7) is 0.618. The number of carbonyl (C=O) groups excluding carboxylic acids is 1. The van der Waals surface area contributed by atoms with Crippen LogP contribution >= 0.6 is 36.2 Å². The van der Waals surface area contributed by atoms with E-state index in [4.69, 9.17) is 5.73 Å². The van der Waals surface area contributed by atoms with E-state index in [9.17, 15) is 9.90 Å². The highest BCUT2D eigenvalue weighted by atomic mass is 35.5. The van der Waals surface area contributed by atoms with Crippen LogP contribution in [0.1, 0.15) is 41.3 Å². The number of carbonyl (C=O) groups is 1. The molecule has 1 aromatic heterocycles. The molecular weight excluding hydrogens is 357 g/mol. The summed E-state index contributed by atoms with van der Waals surface area (Å²) in [4.78, 5) is 18.1. The molecule has 0 aromatic carbocycles. The second kappa shape index (κ2) is 9.18. The van der Waals surface area contributed by atoms with E-state index in [2.05, 4.69) is 10.3 Å². The Morgan fingerprint density at radius 2 is 2.04 bits per heavy atom. The fourth-order valence-electron chi connectivity index (χ4n) is 3.21. The van der Waals surface area contributed by atoms with Crippen LogP contribution in [0.4, 0.5) is 0 Å². The van der Waals surface area contributed by atoms with Crippen molar-refractivity contribution < 1.29 is 9.90 Å². The number of nitrogens with one attached hydrogen (secondary N) is 1. The molecule has 8 heteroatoms. The summed E-state index contributed by atoms with van der Waals surface area (Å²) in [7, 11) is 0. The number of aliphatic hydroxyl groups is 1. The maximum atomic E-state index is 12.0. The van der Waals surface area contributed by atoms with Gasteiger partial charge >= 0.3 is 0 Å². The van der Waals surface area contributed by atoms with E-state index in [-0.39, 0.29) is 42.7 Å². The number of aliphatic hydroxyl groups excluding tert-OH is 1. The third kappa shape index (κ3) is 5.03. The van der Waals surface area contributed by atoms with Crippen LogP contribution < -0.4 is 11.1 Å². The van der Waals surface area contributed by atoms with Crippen LogP contribution in [0.15, 0.2) is 0 Å². The van der Waals surface area contributed by atoms with Crippen LogP contribution in [-0.4, -0.2) is 34.7 Å². The van der Waals surface area contributed by atoms with Gasteiger partial charge in [-0.3, -0.25) is 4.79 Å². The number of nitrogens with zero attached hydrogens (tertiary/aromatic N) is 1. The molecule has 1 fully saturated rings. The third-order valence-electron chi connectivity index (χ3n) is 4.48. The smallest absolute Gasteiger partial charge is 0.223 e. The average Bonchev–Trinajstić information content (AvgIpc) is 3.02. The van der Waals surface area contributed by atoms with Gasteiger partial charge in [0.1, 0.15) is 0 Å². The number of aromatic nitrogens is 1. The second-order valence-electron chi connectivity index (χ2n) is 6.13. The van der Waals surface area contributed by atoms with Crippen molar-refractivity contribution in [2.45, 2.75) is 57.1 Å². The predicted octanol–water partition coefficient (Wildman–Crippen LogP) is 1.62. The largest absolute Gasteiger partial charge is 0.391 e. The summed E-state index contributed by atoms with van der Waals surface area (Å²) in [5.74, 6) is -0.122. The quantitative estimate of drug-likeness (QED) is 0.739. The van der Waals surface area contributed by atoms with Gasteiger partial charge in [-0.25, -0.2) is 4.98 Å². The molecule has 4 N–H and O–H groups in total. The van der Waals surface area contributed by atoms with Gasteiger partial charge in [0, 0.05) is 29.8 Å². The van der Waals surface area contributed by atoms with Gasteiger partial charge in [0.15, 0.2) is 0 Å². The second-order valence-corrected chi connectivity index (χ2v) is 7.29. The molecule has 3 rings (SSSR count). The van der Waals surface area contributed by atoms with Crippen molar-refractivity contribution >= 4 is 42.1 Å². The molecule has 0 radical (unpaired) electrons.